The highest BCUT2D eigenvalue weighted by molar-refractivity contribution is 5.81. The second kappa shape index (κ2) is 4.20. The molecule has 3 heteroatoms. The molecule has 3 atom stereocenters. The van der Waals surface area contributed by atoms with Gasteiger partial charge in [0.2, 0.25) is 0 Å². The second-order valence-electron chi connectivity index (χ2n) is 4.78. The summed E-state index contributed by atoms with van der Waals surface area (Å²) in [5, 5.41) is 6.75. The van der Waals surface area contributed by atoms with Crippen LogP contribution in [0.25, 0.3) is 0 Å². The van der Waals surface area contributed by atoms with Crippen LogP contribution in [-0.4, -0.2) is 25.1 Å². The van der Waals surface area contributed by atoms with Crippen molar-refractivity contribution in [2.75, 3.05) is 13.1 Å². The van der Waals surface area contributed by atoms with Gasteiger partial charge in [0.15, 0.2) is 5.96 Å². The molecule has 1 heterocycles. The van der Waals surface area contributed by atoms with Crippen LogP contribution in [0.3, 0.4) is 0 Å². The van der Waals surface area contributed by atoms with Crippen molar-refractivity contribution in [3.8, 4) is 0 Å². The zero-order valence-electron chi connectivity index (χ0n) is 9.21. The average Bonchev–Trinajstić information content (AvgIpc) is 2.72. The number of rotatable bonds is 2. The van der Waals surface area contributed by atoms with Crippen molar-refractivity contribution in [2.24, 2.45) is 16.8 Å². The van der Waals surface area contributed by atoms with E-state index in [1.165, 1.54) is 19.3 Å². The largest absolute Gasteiger partial charge is 0.356 e. The summed E-state index contributed by atoms with van der Waals surface area (Å²) in [5.41, 5.74) is 0. The maximum absolute atomic E-state index is 4.40. The van der Waals surface area contributed by atoms with Gasteiger partial charge in [-0.2, -0.15) is 0 Å². The van der Waals surface area contributed by atoms with E-state index in [9.17, 15) is 0 Å². The normalized spacial score (nSPS) is 36.7. The minimum atomic E-state index is 0.513. The van der Waals surface area contributed by atoms with Gasteiger partial charge in [0.25, 0.3) is 0 Å². The standard InChI is InChI=1S/C11H21N3/c1-8-4-3-5-10(8)7-13-11-12-6-9(2)14-11/h8-10H,3-7H2,1-2H3,(H2,12,13,14). The van der Waals surface area contributed by atoms with Gasteiger partial charge in [0.1, 0.15) is 0 Å². The van der Waals surface area contributed by atoms with E-state index in [4.69, 9.17) is 0 Å². The van der Waals surface area contributed by atoms with Gasteiger partial charge in [-0.1, -0.05) is 19.8 Å². The van der Waals surface area contributed by atoms with Gasteiger partial charge in [0, 0.05) is 12.6 Å². The highest BCUT2D eigenvalue weighted by Crippen LogP contribution is 2.30. The smallest absolute Gasteiger partial charge is 0.191 e. The molecule has 0 spiro atoms. The highest BCUT2D eigenvalue weighted by Gasteiger charge is 2.23. The molecule has 0 aromatic rings. The summed E-state index contributed by atoms with van der Waals surface area (Å²) in [6.07, 6.45) is 4.20. The Hall–Kier alpha value is -0.730. The van der Waals surface area contributed by atoms with Gasteiger partial charge in [0.05, 0.1) is 6.54 Å². The third kappa shape index (κ3) is 2.20. The molecule has 0 aromatic heterocycles. The number of hydrogen-bond donors (Lipinski definition) is 2. The van der Waals surface area contributed by atoms with E-state index < -0.39 is 0 Å². The van der Waals surface area contributed by atoms with Crippen molar-refractivity contribution in [3.63, 3.8) is 0 Å². The summed E-state index contributed by atoms with van der Waals surface area (Å²) < 4.78 is 0. The predicted octanol–water partition coefficient (Wildman–Crippen LogP) is 1.36. The second-order valence-corrected chi connectivity index (χ2v) is 4.78. The molecule has 1 aliphatic carbocycles. The lowest BCUT2D eigenvalue weighted by Crippen LogP contribution is -2.40. The highest BCUT2D eigenvalue weighted by atomic mass is 15.2. The van der Waals surface area contributed by atoms with Crippen LogP contribution in [0.15, 0.2) is 4.99 Å². The van der Waals surface area contributed by atoms with E-state index in [0.717, 1.165) is 30.9 Å². The van der Waals surface area contributed by atoms with Gasteiger partial charge >= 0.3 is 0 Å². The van der Waals surface area contributed by atoms with Crippen LogP contribution in [0.4, 0.5) is 0 Å². The maximum atomic E-state index is 4.40. The van der Waals surface area contributed by atoms with E-state index >= 15 is 0 Å². The summed E-state index contributed by atoms with van der Waals surface area (Å²) in [4.78, 5) is 4.40. The molecule has 0 bridgehead atoms. The average molecular weight is 195 g/mol. The van der Waals surface area contributed by atoms with E-state index in [2.05, 4.69) is 29.5 Å². The quantitative estimate of drug-likeness (QED) is 0.698. The molecule has 1 fully saturated rings. The molecule has 0 saturated heterocycles. The number of hydrogen-bond acceptors (Lipinski definition) is 3. The summed E-state index contributed by atoms with van der Waals surface area (Å²) in [6.45, 7) is 6.55. The lowest BCUT2D eigenvalue weighted by atomic mass is 9.98. The number of guanidine groups is 1. The summed E-state index contributed by atoms with van der Waals surface area (Å²) in [5.74, 6) is 2.76. The van der Waals surface area contributed by atoms with Crippen molar-refractivity contribution in [2.45, 2.75) is 39.2 Å². The monoisotopic (exact) mass is 195 g/mol. The number of nitrogens with one attached hydrogen (secondary N) is 2. The van der Waals surface area contributed by atoms with Crippen LogP contribution in [-0.2, 0) is 0 Å². The lowest BCUT2D eigenvalue weighted by Gasteiger charge is -2.17. The summed E-state index contributed by atoms with van der Waals surface area (Å²) >= 11 is 0. The fraction of sp³-hybridized carbons (Fsp3) is 0.909. The van der Waals surface area contributed by atoms with Gasteiger partial charge in [-0.25, -0.2) is 0 Å². The van der Waals surface area contributed by atoms with Crippen LogP contribution < -0.4 is 10.6 Å². The zero-order chi connectivity index (χ0) is 9.97. The first-order valence-electron chi connectivity index (χ1n) is 5.80. The van der Waals surface area contributed by atoms with E-state index in [0.29, 0.717) is 6.04 Å². The SMILES string of the molecule is CC1CN=C(NCC2CCCC2C)N1. The fourth-order valence-corrected chi connectivity index (χ4v) is 2.41. The molecule has 2 rings (SSSR count). The van der Waals surface area contributed by atoms with Crippen LogP contribution in [0.1, 0.15) is 33.1 Å². The van der Waals surface area contributed by atoms with Crippen molar-refractivity contribution in [3.05, 3.63) is 0 Å². The Bertz CT molecular complexity index is 225. The molecule has 2 N–H and O–H groups in total. The van der Waals surface area contributed by atoms with E-state index in [1.807, 2.05) is 0 Å². The molecular weight excluding hydrogens is 174 g/mol. The first-order valence-corrected chi connectivity index (χ1v) is 5.80. The Kier molecular flexibility index (Phi) is 2.94. The molecule has 1 aliphatic heterocycles. The maximum Gasteiger partial charge on any atom is 0.191 e. The third-order valence-corrected chi connectivity index (χ3v) is 3.48. The molecule has 2 aliphatic rings. The molecule has 80 valence electrons. The third-order valence-electron chi connectivity index (χ3n) is 3.48. The zero-order valence-corrected chi connectivity index (χ0v) is 9.21. The van der Waals surface area contributed by atoms with Crippen LogP contribution >= 0.6 is 0 Å². The van der Waals surface area contributed by atoms with Crippen molar-refractivity contribution >= 4 is 5.96 Å². The van der Waals surface area contributed by atoms with Crippen molar-refractivity contribution in [1.29, 1.82) is 0 Å². The van der Waals surface area contributed by atoms with Gasteiger partial charge in [-0.3, -0.25) is 4.99 Å². The first-order chi connectivity index (χ1) is 6.75. The molecule has 0 amide bonds. The minimum Gasteiger partial charge on any atom is -0.356 e. The molecule has 0 radical (unpaired) electrons. The van der Waals surface area contributed by atoms with Gasteiger partial charge in [-0.05, 0) is 25.2 Å². The Morgan fingerprint density at radius 2 is 2.29 bits per heavy atom. The van der Waals surface area contributed by atoms with E-state index in [-0.39, 0.29) is 0 Å². The van der Waals surface area contributed by atoms with Crippen LogP contribution in [0.5, 0.6) is 0 Å². The number of aliphatic imine (C=N–C) groups is 1. The molecule has 3 nitrogen and oxygen atoms in total. The summed E-state index contributed by atoms with van der Waals surface area (Å²) in [7, 11) is 0. The first kappa shape index (κ1) is 9.81. The molecule has 3 unspecified atom stereocenters. The minimum absolute atomic E-state index is 0.513. The Morgan fingerprint density at radius 1 is 1.43 bits per heavy atom. The summed E-state index contributed by atoms with van der Waals surface area (Å²) in [6, 6.07) is 0.513. The molecule has 0 aromatic carbocycles. The Morgan fingerprint density at radius 3 is 2.86 bits per heavy atom. The fourth-order valence-electron chi connectivity index (χ4n) is 2.41. The van der Waals surface area contributed by atoms with Crippen LogP contribution in [0.2, 0.25) is 0 Å². The van der Waals surface area contributed by atoms with Crippen molar-refractivity contribution in [1.82, 2.24) is 10.6 Å². The predicted molar refractivity (Wildman–Crippen MR) is 59.4 cm³/mol. The Balaban J connectivity index is 1.72. The van der Waals surface area contributed by atoms with E-state index in [1.54, 1.807) is 0 Å². The number of nitrogens with zero attached hydrogens (tertiary/aromatic N) is 1. The molecule has 14 heavy (non-hydrogen) atoms. The molecular formula is C11H21N3. The molecule has 1 saturated carbocycles. The van der Waals surface area contributed by atoms with Crippen LogP contribution in [0, 0.1) is 11.8 Å². The lowest BCUT2D eigenvalue weighted by molar-refractivity contribution is 0.414. The Labute approximate surface area is 86.4 Å². The topological polar surface area (TPSA) is 36.4 Å². The van der Waals surface area contributed by atoms with Gasteiger partial charge in [-0.15, -0.1) is 0 Å². The van der Waals surface area contributed by atoms with Crippen molar-refractivity contribution < 1.29 is 0 Å². The van der Waals surface area contributed by atoms with Gasteiger partial charge < -0.3 is 10.6 Å².